The molecule has 0 spiro atoms. The number of para-hydroxylation sites is 1. The molecular formula is C25H24N4O8S. The Labute approximate surface area is 216 Å². The fraction of sp³-hybridized carbons (Fsp3) is 0.200. The summed E-state index contributed by atoms with van der Waals surface area (Å²) >= 11 is 0. The maximum atomic E-state index is 13.0. The summed E-state index contributed by atoms with van der Waals surface area (Å²) < 4.78 is 38.5. The Hall–Kier alpha value is -4.65. The lowest BCUT2D eigenvalue weighted by molar-refractivity contribution is 0.0317. The summed E-state index contributed by atoms with van der Waals surface area (Å²) in [6.07, 6.45) is -1.26. The van der Waals surface area contributed by atoms with Gasteiger partial charge in [-0.15, -0.1) is 0 Å². The van der Waals surface area contributed by atoms with Crippen LogP contribution in [0.1, 0.15) is 49.4 Å². The van der Waals surface area contributed by atoms with Crippen LogP contribution in [0.3, 0.4) is 0 Å². The number of fused-ring (bicyclic) bond motifs is 1. The number of hydrogen-bond donors (Lipinski definition) is 4. The van der Waals surface area contributed by atoms with E-state index in [4.69, 9.17) is 9.47 Å². The van der Waals surface area contributed by atoms with E-state index in [0.717, 1.165) is 0 Å². The number of carbonyl (C=O) groups is 3. The van der Waals surface area contributed by atoms with Crippen LogP contribution in [0.15, 0.2) is 52.2 Å². The molecule has 4 rings (SSSR count). The quantitative estimate of drug-likeness (QED) is 0.194. The molecule has 38 heavy (non-hydrogen) atoms. The Kier molecular flexibility index (Phi) is 6.96. The van der Waals surface area contributed by atoms with E-state index >= 15 is 0 Å². The van der Waals surface area contributed by atoms with Crippen LogP contribution < -0.4 is 10.4 Å². The third kappa shape index (κ3) is 4.95. The van der Waals surface area contributed by atoms with Crippen molar-refractivity contribution in [2.75, 3.05) is 11.8 Å². The Morgan fingerprint density at radius 3 is 2.34 bits per heavy atom. The van der Waals surface area contributed by atoms with Gasteiger partial charge >= 0.3 is 17.6 Å². The normalized spacial score (nSPS) is 12.2. The topological polar surface area (TPSA) is 180 Å². The SMILES string of the molecule is COC(=O)c1c(C)[nH]c(C(=O)[C@H](C)OC(=O)c2ccccc2NS(=O)(=O)c2ccc3[nH]c(=O)[nH]c3c2)c1C. The second-order valence-corrected chi connectivity index (χ2v) is 10.1. The maximum absolute atomic E-state index is 13.0. The molecule has 0 amide bonds. The van der Waals surface area contributed by atoms with Crippen molar-refractivity contribution in [1.82, 2.24) is 15.0 Å². The smallest absolute Gasteiger partial charge is 0.340 e. The van der Waals surface area contributed by atoms with Crippen molar-refractivity contribution in [3.8, 4) is 0 Å². The van der Waals surface area contributed by atoms with E-state index in [-0.39, 0.29) is 27.4 Å². The van der Waals surface area contributed by atoms with E-state index in [1.807, 2.05) is 0 Å². The van der Waals surface area contributed by atoms with Gasteiger partial charge in [-0.05, 0) is 56.7 Å². The zero-order valence-corrected chi connectivity index (χ0v) is 21.6. The average molecular weight is 541 g/mol. The predicted octanol–water partition coefficient (Wildman–Crippen LogP) is 2.82. The number of Topliss-reactive ketones (excluding diaryl/α,β-unsaturated/α-hetero) is 1. The summed E-state index contributed by atoms with van der Waals surface area (Å²) in [5, 5.41) is 0. The molecule has 0 aliphatic carbocycles. The van der Waals surface area contributed by atoms with Gasteiger partial charge < -0.3 is 24.4 Å². The molecule has 2 aromatic carbocycles. The van der Waals surface area contributed by atoms with Gasteiger partial charge in [-0.1, -0.05) is 12.1 Å². The third-order valence-electron chi connectivity index (χ3n) is 5.92. The fourth-order valence-electron chi connectivity index (χ4n) is 4.02. The van der Waals surface area contributed by atoms with Gasteiger partial charge in [-0.25, -0.2) is 22.8 Å². The lowest BCUT2D eigenvalue weighted by atomic mass is 10.1. The molecule has 4 aromatic rings. The van der Waals surface area contributed by atoms with Crippen LogP contribution in [0.25, 0.3) is 11.0 Å². The zero-order chi connectivity index (χ0) is 27.8. The van der Waals surface area contributed by atoms with Crippen LogP contribution in [0.5, 0.6) is 0 Å². The van der Waals surface area contributed by atoms with Crippen molar-refractivity contribution >= 4 is 44.5 Å². The van der Waals surface area contributed by atoms with Crippen LogP contribution in [-0.2, 0) is 19.5 Å². The van der Waals surface area contributed by atoms with Gasteiger partial charge in [0.05, 0.1) is 45.5 Å². The maximum Gasteiger partial charge on any atom is 0.340 e. The highest BCUT2D eigenvalue weighted by Gasteiger charge is 2.28. The number of ether oxygens (including phenoxy) is 2. The molecule has 0 radical (unpaired) electrons. The van der Waals surface area contributed by atoms with E-state index in [1.54, 1.807) is 13.8 Å². The lowest BCUT2D eigenvalue weighted by Gasteiger charge is -2.15. The van der Waals surface area contributed by atoms with Gasteiger partial charge in [0.25, 0.3) is 10.0 Å². The monoisotopic (exact) mass is 540 g/mol. The molecule has 198 valence electrons. The molecule has 13 heteroatoms. The van der Waals surface area contributed by atoms with E-state index in [0.29, 0.717) is 22.3 Å². The zero-order valence-electron chi connectivity index (χ0n) is 20.8. The number of nitrogens with one attached hydrogen (secondary N) is 4. The van der Waals surface area contributed by atoms with Crippen LogP contribution >= 0.6 is 0 Å². The number of ketones is 1. The molecule has 1 atom stereocenters. The van der Waals surface area contributed by atoms with Gasteiger partial charge in [0.1, 0.15) is 0 Å². The minimum Gasteiger partial charge on any atom is -0.465 e. The number of aromatic amines is 3. The molecule has 0 unspecified atom stereocenters. The summed E-state index contributed by atoms with van der Waals surface area (Å²) in [4.78, 5) is 57.2. The van der Waals surface area contributed by atoms with Crippen LogP contribution in [0.2, 0.25) is 0 Å². The fourth-order valence-corrected chi connectivity index (χ4v) is 5.12. The van der Waals surface area contributed by atoms with Crippen LogP contribution in [0, 0.1) is 13.8 Å². The summed E-state index contributed by atoms with van der Waals surface area (Å²) in [6.45, 7) is 4.55. The number of methoxy groups -OCH3 is 1. The van der Waals surface area contributed by atoms with Gasteiger partial charge in [0.15, 0.2) is 6.10 Å². The number of aromatic nitrogens is 3. The number of anilines is 1. The number of carbonyl (C=O) groups excluding carboxylic acids is 3. The second-order valence-electron chi connectivity index (χ2n) is 8.47. The minimum absolute atomic E-state index is 0.0697. The first-order chi connectivity index (χ1) is 17.9. The Morgan fingerprint density at radius 2 is 1.63 bits per heavy atom. The van der Waals surface area contributed by atoms with E-state index < -0.39 is 39.5 Å². The molecule has 12 nitrogen and oxygen atoms in total. The molecular weight excluding hydrogens is 516 g/mol. The molecule has 0 fully saturated rings. The molecule has 4 N–H and O–H groups in total. The first-order valence-corrected chi connectivity index (χ1v) is 12.8. The van der Waals surface area contributed by atoms with Crippen molar-refractivity contribution in [1.29, 1.82) is 0 Å². The summed E-state index contributed by atoms with van der Waals surface area (Å²) in [5.74, 6) is -2.13. The highest BCUT2D eigenvalue weighted by atomic mass is 32.2. The number of esters is 2. The molecule has 2 aromatic heterocycles. The molecule has 2 heterocycles. The molecule has 0 bridgehead atoms. The van der Waals surface area contributed by atoms with Crippen molar-refractivity contribution < 1.29 is 32.3 Å². The van der Waals surface area contributed by atoms with Gasteiger partial charge in [-0.2, -0.15) is 0 Å². The molecule has 0 saturated carbocycles. The van der Waals surface area contributed by atoms with Crippen molar-refractivity contribution in [2.45, 2.75) is 31.8 Å². The highest BCUT2D eigenvalue weighted by Crippen LogP contribution is 2.24. The van der Waals surface area contributed by atoms with E-state index in [9.17, 15) is 27.6 Å². The van der Waals surface area contributed by atoms with Crippen molar-refractivity contribution in [3.05, 3.63) is 81.0 Å². The van der Waals surface area contributed by atoms with Gasteiger partial charge in [0, 0.05) is 5.69 Å². The largest absolute Gasteiger partial charge is 0.465 e. The number of H-pyrrole nitrogens is 3. The van der Waals surface area contributed by atoms with Gasteiger partial charge in [-0.3, -0.25) is 9.52 Å². The first-order valence-electron chi connectivity index (χ1n) is 11.3. The number of aryl methyl sites for hydroxylation is 1. The second kappa shape index (κ2) is 10.0. The molecule has 0 saturated heterocycles. The van der Waals surface area contributed by atoms with Crippen LogP contribution in [-0.4, -0.2) is 54.3 Å². The van der Waals surface area contributed by atoms with Crippen LogP contribution in [0.4, 0.5) is 5.69 Å². The summed E-state index contributed by atoms with van der Waals surface area (Å²) in [6, 6.07) is 9.78. The summed E-state index contributed by atoms with van der Waals surface area (Å²) in [5.41, 5.74) is 1.15. The Balaban J connectivity index is 1.56. The Morgan fingerprint density at radius 1 is 0.947 bits per heavy atom. The average Bonchev–Trinajstić information content (AvgIpc) is 3.39. The lowest BCUT2D eigenvalue weighted by Crippen LogP contribution is -2.26. The number of benzene rings is 2. The van der Waals surface area contributed by atoms with E-state index in [2.05, 4.69) is 19.7 Å². The first kappa shape index (κ1) is 26.4. The predicted molar refractivity (Wildman–Crippen MR) is 137 cm³/mol. The highest BCUT2D eigenvalue weighted by molar-refractivity contribution is 7.92. The minimum atomic E-state index is -4.17. The molecule has 0 aliphatic rings. The van der Waals surface area contributed by atoms with E-state index in [1.165, 1.54) is 56.5 Å². The Bertz CT molecular complexity index is 1750. The standard InChI is InChI=1S/C25H24N4O8S/c1-12-20(24(32)36-4)13(2)26-21(12)22(30)14(3)37-23(31)16-7-5-6-8-17(16)29-38(34,35)15-9-10-18-19(11-15)28-25(33)27-18/h5-11,14,26,29H,1-4H3,(H2,27,28,33)/t14-/m0/s1. The number of sulfonamides is 1. The summed E-state index contributed by atoms with van der Waals surface area (Å²) in [7, 11) is -2.94. The van der Waals surface area contributed by atoms with Crippen molar-refractivity contribution in [3.63, 3.8) is 0 Å². The number of hydrogen-bond acceptors (Lipinski definition) is 8. The van der Waals surface area contributed by atoms with Gasteiger partial charge in [0.2, 0.25) is 5.78 Å². The number of imidazole rings is 1. The number of rotatable bonds is 8. The third-order valence-corrected chi connectivity index (χ3v) is 7.28. The van der Waals surface area contributed by atoms with Crippen molar-refractivity contribution in [2.24, 2.45) is 0 Å². The molecule has 0 aliphatic heterocycles.